The molecule has 3 aromatic rings. The fraction of sp³-hybridized carbons (Fsp3) is 0.333. The second-order valence-electron chi connectivity index (χ2n) is 7.06. The van der Waals surface area contributed by atoms with Crippen LogP contribution in [0, 0.1) is 10.1 Å². The van der Waals surface area contributed by atoms with Gasteiger partial charge in [-0.2, -0.15) is 4.98 Å². The molecule has 0 amide bonds. The number of methoxy groups -OCH3 is 2. The second kappa shape index (κ2) is 8.50. The number of hydrogen-bond acceptors (Lipinski definition) is 8. The molecule has 2 aromatic carbocycles. The van der Waals surface area contributed by atoms with E-state index in [1.807, 2.05) is 18.2 Å². The molecule has 0 N–H and O–H groups in total. The zero-order valence-corrected chi connectivity index (χ0v) is 16.8. The van der Waals surface area contributed by atoms with E-state index in [0.29, 0.717) is 23.8 Å². The quantitative estimate of drug-likeness (QED) is 0.425. The number of rotatable bonds is 7. The maximum Gasteiger partial charge on any atom is 0.270 e. The molecule has 2 heterocycles. The van der Waals surface area contributed by atoms with E-state index in [4.69, 9.17) is 14.0 Å². The Hall–Kier alpha value is -3.46. The first-order valence-corrected chi connectivity index (χ1v) is 9.62. The lowest BCUT2D eigenvalue weighted by atomic mass is 10.0. The molecule has 1 aliphatic rings. The van der Waals surface area contributed by atoms with Gasteiger partial charge in [0.05, 0.1) is 25.7 Å². The van der Waals surface area contributed by atoms with E-state index in [2.05, 4.69) is 15.0 Å². The summed E-state index contributed by atoms with van der Waals surface area (Å²) in [4.78, 5) is 17.3. The molecule has 0 spiro atoms. The van der Waals surface area contributed by atoms with Crippen molar-refractivity contribution < 1.29 is 18.9 Å². The lowest BCUT2D eigenvalue weighted by Crippen LogP contribution is -2.23. The molecule has 0 bridgehead atoms. The van der Waals surface area contributed by atoms with Crippen molar-refractivity contribution in [1.82, 2.24) is 15.0 Å². The standard InChI is InChI=1S/C21H22N4O5/c1-28-16-8-9-17(19(12-16)29-2)18-7-4-10-24(18)13-20-22-21(23-30-20)14-5-3-6-15(11-14)25(26)27/h3,5-6,8-9,11-12,18H,4,7,10,13H2,1-2H3. The smallest absolute Gasteiger partial charge is 0.270 e. The maximum atomic E-state index is 11.0. The van der Waals surface area contributed by atoms with Gasteiger partial charge < -0.3 is 14.0 Å². The summed E-state index contributed by atoms with van der Waals surface area (Å²) < 4.78 is 16.3. The van der Waals surface area contributed by atoms with Crippen LogP contribution in [0.1, 0.15) is 30.3 Å². The van der Waals surface area contributed by atoms with Gasteiger partial charge in [-0.25, -0.2) is 0 Å². The van der Waals surface area contributed by atoms with Crippen molar-refractivity contribution in [3.63, 3.8) is 0 Å². The lowest BCUT2D eigenvalue weighted by Gasteiger charge is -2.25. The topological polar surface area (TPSA) is 104 Å². The molecule has 4 rings (SSSR count). The highest BCUT2D eigenvalue weighted by Gasteiger charge is 2.30. The van der Waals surface area contributed by atoms with Crippen molar-refractivity contribution in [3.05, 3.63) is 64.0 Å². The third-order valence-corrected chi connectivity index (χ3v) is 5.28. The van der Waals surface area contributed by atoms with Crippen LogP contribution in [-0.2, 0) is 6.54 Å². The molecule has 9 nitrogen and oxygen atoms in total. The predicted octanol–water partition coefficient (Wildman–Crippen LogP) is 4.00. The number of nitro groups is 1. The fourth-order valence-electron chi connectivity index (χ4n) is 3.83. The zero-order valence-electron chi connectivity index (χ0n) is 16.8. The van der Waals surface area contributed by atoms with E-state index in [0.717, 1.165) is 36.4 Å². The predicted molar refractivity (Wildman–Crippen MR) is 108 cm³/mol. The third-order valence-electron chi connectivity index (χ3n) is 5.28. The van der Waals surface area contributed by atoms with Crippen LogP contribution in [0.5, 0.6) is 11.5 Å². The second-order valence-corrected chi connectivity index (χ2v) is 7.06. The molecule has 1 atom stereocenters. The minimum absolute atomic E-state index is 0.00921. The van der Waals surface area contributed by atoms with Crippen molar-refractivity contribution in [2.24, 2.45) is 0 Å². The van der Waals surface area contributed by atoms with E-state index in [9.17, 15) is 10.1 Å². The molecule has 30 heavy (non-hydrogen) atoms. The molecule has 0 aliphatic carbocycles. The molecular formula is C21H22N4O5. The molecule has 1 aliphatic heterocycles. The highest BCUT2D eigenvalue weighted by Crippen LogP contribution is 2.39. The molecule has 1 fully saturated rings. The van der Waals surface area contributed by atoms with Gasteiger partial charge >= 0.3 is 0 Å². The normalized spacial score (nSPS) is 16.5. The first kappa shape index (κ1) is 19.8. The Kier molecular flexibility index (Phi) is 5.62. The van der Waals surface area contributed by atoms with E-state index in [1.165, 1.54) is 12.1 Å². The SMILES string of the molecule is COc1ccc(C2CCCN2Cc2nc(-c3cccc([N+](=O)[O-])c3)no2)c(OC)c1. The Balaban J connectivity index is 1.54. The molecule has 156 valence electrons. The van der Waals surface area contributed by atoms with Gasteiger partial charge in [0.25, 0.3) is 5.69 Å². The Morgan fingerprint density at radius 3 is 2.87 bits per heavy atom. The highest BCUT2D eigenvalue weighted by molar-refractivity contribution is 5.58. The van der Waals surface area contributed by atoms with E-state index in [1.54, 1.807) is 26.4 Å². The summed E-state index contributed by atoms with van der Waals surface area (Å²) in [7, 11) is 3.28. The van der Waals surface area contributed by atoms with Crippen LogP contribution in [0.2, 0.25) is 0 Å². The van der Waals surface area contributed by atoms with Gasteiger partial charge in [0.15, 0.2) is 0 Å². The first-order chi connectivity index (χ1) is 14.6. The minimum atomic E-state index is -0.443. The van der Waals surface area contributed by atoms with Gasteiger partial charge in [-0.3, -0.25) is 15.0 Å². The number of likely N-dealkylation sites (tertiary alicyclic amines) is 1. The summed E-state index contributed by atoms with van der Waals surface area (Å²) in [6.45, 7) is 1.39. The van der Waals surface area contributed by atoms with Gasteiger partial charge in [0.2, 0.25) is 11.7 Å². The van der Waals surface area contributed by atoms with E-state index >= 15 is 0 Å². The van der Waals surface area contributed by atoms with Crippen LogP contribution in [0.3, 0.4) is 0 Å². The van der Waals surface area contributed by atoms with Crippen LogP contribution in [-0.4, -0.2) is 40.7 Å². The Morgan fingerprint density at radius 1 is 1.23 bits per heavy atom. The Morgan fingerprint density at radius 2 is 2.10 bits per heavy atom. The molecule has 1 saturated heterocycles. The van der Waals surface area contributed by atoms with Crippen LogP contribution in [0.25, 0.3) is 11.4 Å². The van der Waals surface area contributed by atoms with E-state index in [-0.39, 0.29) is 11.7 Å². The number of hydrogen-bond donors (Lipinski definition) is 0. The number of non-ortho nitro benzene ring substituents is 1. The monoisotopic (exact) mass is 410 g/mol. The van der Waals surface area contributed by atoms with E-state index < -0.39 is 4.92 Å². The van der Waals surface area contributed by atoms with Gasteiger partial charge in [-0.05, 0) is 25.5 Å². The molecule has 9 heteroatoms. The third kappa shape index (κ3) is 3.97. The van der Waals surface area contributed by atoms with Crippen molar-refractivity contribution >= 4 is 5.69 Å². The van der Waals surface area contributed by atoms with Crippen molar-refractivity contribution in [2.45, 2.75) is 25.4 Å². The zero-order chi connectivity index (χ0) is 21.1. The summed E-state index contributed by atoms with van der Waals surface area (Å²) >= 11 is 0. The van der Waals surface area contributed by atoms with Crippen LogP contribution in [0.4, 0.5) is 5.69 Å². The molecular weight excluding hydrogens is 388 g/mol. The van der Waals surface area contributed by atoms with Crippen molar-refractivity contribution in [3.8, 4) is 22.9 Å². The molecule has 0 saturated carbocycles. The van der Waals surface area contributed by atoms with Gasteiger partial charge in [-0.15, -0.1) is 0 Å². The average molecular weight is 410 g/mol. The first-order valence-electron chi connectivity index (χ1n) is 9.62. The summed E-state index contributed by atoms with van der Waals surface area (Å²) in [5.74, 6) is 2.34. The lowest BCUT2D eigenvalue weighted by molar-refractivity contribution is -0.384. The number of benzene rings is 2. The number of nitrogens with zero attached hydrogens (tertiary/aromatic N) is 4. The summed E-state index contributed by atoms with van der Waals surface area (Å²) in [6.07, 6.45) is 2.04. The Labute approximate surface area is 173 Å². The van der Waals surface area contributed by atoms with Crippen LogP contribution >= 0.6 is 0 Å². The van der Waals surface area contributed by atoms with Crippen LogP contribution in [0.15, 0.2) is 47.0 Å². The number of ether oxygens (including phenoxy) is 2. The van der Waals surface area contributed by atoms with Crippen molar-refractivity contribution in [2.75, 3.05) is 20.8 Å². The highest BCUT2D eigenvalue weighted by atomic mass is 16.6. The summed E-state index contributed by atoms with van der Waals surface area (Å²) in [5.41, 5.74) is 1.63. The summed E-state index contributed by atoms with van der Waals surface area (Å²) in [5, 5.41) is 15.0. The Bertz CT molecular complexity index is 1050. The molecule has 1 aromatic heterocycles. The fourth-order valence-corrected chi connectivity index (χ4v) is 3.83. The maximum absolute atomic E-state index is 11.0. The summed E-state index contributed by atoms with van der Waals surface area (Å²) in [6, 6.07) is 12.2. The van der Waals surface area contributed by atoms with Gasteiger partial charge in [0, 0.05) is 35.4 Å². The van der Waals surface area contributed by atoms with Gasteiger partial charge in [0.1, 0.15) is 11.5 Å². The average Bonchev–Trinajstić information content (AvgIpc) is 3.43. The number of nitro benzene ring substituents is 1. The minimum Gasteiger partial charge on any atom is -0.497 e. The number of aromatic nitrogens is 2. The molecule has 1 unspecified atom stereocenters. The van der Waals surface area contributed by atoms with Crippen molar-refractivity contribution in [1.29, 1.82) is 0 Å². The molecule has 0 radical (unpaired) electrons. The van der Waals surface area contributed by atoms with Gasteiger partial charge in [-0.1, -0.05) is 23.4 Å². The van der Waals surface area contributed by atoms with Crippen LogP contribution < -0.4 is 9.47 Å². The largest absolute Gasteiger partial charge is 0.497 e.